The Balaban J connectivity index is 2.07. The molecule has 2 aromatic carbocycles. The lowest BCUT2D eigenvalue weighted by atomic mass is 10.1. The second-order valence-corrected chi connectivity index (χ2v) is 8.00. The second kappa shape index (κ2) is 7.19. The minimum atomic E-state index is -3.96. The third kappa shape index (κ3) is 3.65. The molecule has 1 unspecified atom stereocenters. The molecule has 0 aliphatic rings. The molecule has 0 radical (unpaired) electrons. The molecule has 0 bridgehead atoms. The number of aromatic nitrogens is 2. The number of hydrogen-bond donors (Lipinski definition) is 1. The first-order valence-corrected chi connectivity index (χ1v) is 9.66. The third-order valence-corrected chi connectivity index (χ3v) is 5.89. The van der Waals surface area contributed by atoms with Gasteiger partial charge in [-0.2, -0.15) is 4.72 Å². The zero-order chi connectivity index (χ0) is 18.9. The van der Waals surface area contributed by atoms with Crippen molar-refractivity contribution in [2.24, 2.45) is 7.05 Å². The van der Waals surface area contributed by atoms with Gasteiger partial charge in [-0.1, -0.05) is 35.9 Å². The van der Waals surface area contributed by atoms with E-state index in [1.807, 2.05) is 0 Å². The minimum Gasteiger partial charge on any atom is -0.336 e. The standard InChI is InChI=1S/C18H17ClFN3O2S/c1-12-7-8-13(11-15(12)19)26(24,25)22-17(18-21-9-10-23(18)2)14-5-3-4-6-16(14)20/h3-11,17,22H,1-2H3. The summed E-state index contributed by atoms with van der Waals surface area (Å²) in [5, 5.41) is 0.340. The maximum absolute atomic E-state index is 14.4. The van der Waals surface area contributed by atoms with Crippen molar-refractivity contribution in [3.05, 3.63) is 82.6 Å². The summed E-state index contributed by atoms with van der Waals surface area (Å²) < 4.78 is 44.3. The number of aryl methyl sites for hydroxylation is 2. The van der Waals surface area contributed by atoms with Gasteiger partial charge in [0.15, 0.2) is 0 Å². The Morgan fingerprint density at radius 3 is 2.58 bits per heavy atom. The summed E-state index contributed by atoms with van der Waals surface area (Å²) in [6.45, 7) is 1.78. The molecular formula is C18H17ClFN3O2S. The van der Waals surface area contributed by atoms with Crippen molar-refractivity contribution in [2.75, 3.05) is 0 Å². The average molecular weight is 394 g/mol. The lowest BCUT2D eigenvalue weighted by Crippen LogP contribution is -2.31. The molecular weight excluding hydrogens is 377 g/mol. The van der Waals surface area contributed by atoms with Crippen LogP contribution in [-0.2, 0) is 17.1 Å². The van der Waals surface area contributed by atoms with Crippen LogP contribution >= 0.6 is 11.6 Å². The maximum Gasteiger partial charge on any atom is 0.241 e. The van der Waals surface area contributed by atoms with Gasteiger partial charge in [-0.25, -0.2) is 17.8 Å². The van der Waals surface area contributed by atoms with Gasteiger partial charge >= 0.3 is 0 Å². The highest BCUT2D eigenvalue weighted by Gasteiger charge is 2.27. The van der Waals surface area contributed by atoms with Gasteiger partial charge in [0, 0.05) is 30.0 Å². The largest absolute Gasteiger partial charge is 0.336 e. The molecule has 5 nitrogen and oxygen atoms in total. The fourth-order valence-corrected chi connectivity index (χ4v) is 4.03. The molecule has 0 aliphatic heterocycles. The van der Waals surface area contributed by atoms with E-state index < -0.39 is 21.9 Å². The van der Waals surface area contributed by atoms with Crippen LogP contribution in [0.4, 0.5) is 4.39 Å². The van der Waals surface area contributed by atoms with E-state index in [9.17, 15) is 12.8 Å². The summed E-state index contributed by atoms with van der Waals surface area (Å²) >= 11 is 6.05. The summed E-state index contributed by atoms with van der Waals surface area (Å²) in [5.41, 5.74) is 0.948. The van der Waals surface area contributed by atoms with E-state index in [1.54, 1.807) is 42.9 Å². The van der Waals surface area contributed by atoms with E-state index in [1.165, 1.54) is 30.5 Å². The molecule has 3 aromatic rings. The van der Waals surface area contributed by atoms with Crippen molar-refractivity contribution in [1.82, 2.24) is 14.3 Å². The van der Waals surface area contributed by atoms with Gasteiger partial charge in [-0.15, -0.1) is 0 Å². The van der Waals surface area contributed by atoms with Crippen molar-refractivity contribution in [3.8, 4) is 0 Å². The molecule has 1 atom stereocenters. The van der Waals surface area contributed by atoms with E-state index in [4.69, 9.17) is 11.6 Å². The molecule has 0 saturated carbocycles. The van der Waals surface area contributed by atoms with Crippen LogP contribution in [0.2, 0.25) is 5.02 Å². The fraction of sp³-hybridized carbons (Fsp3) is 0.167. The fourth-order valence-electron chi connectivity index (χ4n) is 2.58. The summed E-state index contributed by atoms with van der Waals surface area (Å²) in [6.07, 6.45) is 3.19. The van der Waals surface area contributed by atoms with Crippen molar-refractivity contribution in [1.29, 1.82) is 0 Å². The Morgan fingerprint density at radius 2 is 1.96 bits per heavy atom. The Bertz CT molecular complexity index is 1050. The molecule has 0 aliphatic carbocycles. The molecule has 8 heteroatoms. The number of sulfonamides is 1. The molecule has 0 fully saturated rings. The van der Waals surface area contributed by atoms with Crippen molar-refractivity contribution in [2.45, 2.75) is 17.9 Å². The predicted octanol–water partition coefficient (Wildman–Crippen LogP) is 3.59. The van der Waals surface area contributed by atoms with Gasteiger partial charge in [-0.3, -0.25) is 0 Å². The van der Waals surface area contributed by atoms with E-state index in [0.29, 0.717) is 10.8 Å². The summed E-state index contributed by atoms with van der Waals surface area (Å²) in [7, 11) is -2.25. The minimum absolute atomic E-state index is 0.00338. The first-order chi connectivity index (χ1) is 12.3. The van der Waals surface area contributed by atoms with E-state index >= 15 is 0 Å². The Hall–Kier alpha value is -2.22. The number of rotatable bonds is 5. The molecule has 1 N–H and O–H groups in total. The first-order valence-electron chi connectivity index (χ1n) is 7.80. The molecule has 0 saturated heterocycles. The molecule has 136 valence electrons. The Labute approximate surface area is 156 Å². The lowest BCUT2D eigenvalue weighted by Gasteiger charge is -2.20. The second-order valence-electron chi connectivity index (χ2n) is 5.88. The van der Waals surface area contributed by atoms with Gasteiger partial charge in [0.2, 0.25) is 10.0 Å². The number of nitrogens with one attached hydrogen (secondary N) is 1. The van der Waals surface area contributed by atoms with Crippen LogP contribution in [0.5, 0.6) is 0 Å². The molecule has 1 aromatic heterocycles. The normalized spacial score (nSPS) is 12.9. The molecule has 0 amide bonds. The van der Waals surface area contributed by atoms with Gasteiger partial charge in [0.25, 0.3) is 0 Å². The van der Waals surface area contributed by atoms with E-state index in [-0.39, 0.29) is 10.5 Å². The van der Waals surface area contributed by atoms with Crippen LogP contribution in [-0.4, -0.2) is 18.0 Å². The van der Waals surface area contributed by atoms with Gasteiger partial charge in [-0.05, 0) is 30.7 Å². The Kier molecular flexibility index (Phi) is 5.13. The van der Waals surface area contributed by atoms with Crippen molar-refractivity contribution in [3.63, 3.8) is 0 Å². The quantitative estimate of drug-likeness (QED) is 0.720. The molecule has 0 spiro atoms. The van der Waals surface area contributed by atoms with E-state index in [0.717, 1.165) is 5.56 Å². The number of benzene rings is 2. The lowest BCUT2D eigenvalue weighted by molar-refractivity contribution is 0.545. The van der Waals surface area contributed by atoms with Crippen LogP contribution in [0.3, 0.4) is 0 Å². The number of imidazole rings is 1. The first kappa shape index (κ1) is 18.6. The summed E-state index contributed by atoms with van der Waals surface area (Å²) in [5.74, 6) is -0.151. The molecule has 3 rings (SSSR count). The third-order valence-electron chi connectivity index (χ3n) is 4.06. The maximum atomic E-state index is 14.4. The van der Waals surface area contributed by atoms with Crippen LogP contribution in [0.25, 0.3) is 0 Å². The number of nitrogens with zero attached hydrogens (tertiary/aromatic N) is 2. The van der Waals surface area contributed by atoms with Gasteiger partial charge in [0.1, 0.15) is 17.7 Å². The highest BCUT2D eigenvalue weighted by Crippen LogP contribution is 2.27. The Morgan fingerprint density at radius 1 is 1.23 bits per heavy atom. The van der Waals surface area contributed by atoms with Crippen molar-refractivity contribution >= 4 is 21.6 Å². The topological polar surface area (TPSA) is 64.0 Å². The highest BCUT2D eigenvalue weighted by atomic mass is 35.5. The monoisotopic (exact) mass is 393 g/mol. The van der Waals surface area contributed by atoms with Crippen LogP contribution in [0.1, 0.15) is 23.0 Å². The van der Waals surface area contributed by atoms with Crippen molar-refractivity contribution < 1.29 is 12.8 Å². The molecule has 26 heavy (non-hydrogen) atoms. The molecule has 1 heterocycles. The van der Waals surface area contributed by atoms with Gasteiger partial charge < -0.3 is 4.57 Å². The predicted molar refractivity (Wildman–Crippen MR) is 98.0 cm³/mol. The number of halogens is 2. The van der Waals surface area contributed by atoms with Gasteiger partial charge in [0.05, 0.1) is 4.90 Å². The summed E-state index contributed by atoms with van der Waals surface area (Å²) in [6, 6.07) is 9.46. The summed E-state index contributed by atoms with van der Waals surface area (Å²) in [4.78, 5) is 4.19. The SMILES string of the molecule is Cc1ccc(S(=O)(=O)NC(c2ccccc2F)c2nccn2C)cc1Cl. The zero-order valence-corrected chi connectivity index (χ0v) is 15.7. The zero-order valence-electron chi connectivity index (χ0n) is 14.1. The highest BCUT2D eigenvalue weighted by molar-refractivity contribution is 7.89. The van der Waals surface area contributed by atoms with Crippen LogP contribution in [0.15, 0.2) is 59.8 Å². The average Bonchev–Trinajstić information content (AvgIpc) is 3.02. The van der Waals surface area contributed by atoms with Crippen LogP contribution in [0, 0.1) is 12.7 Å². The number of hydrogen-bond acceptors (Lipinski definition) is 3. The van der Waals surface area contributed by atoms with E-state index in [2.05, 4.69) is 9.71 Å². The van der Waals surface area contributed by atoms with Crippen LogP contribution < -0.4 is 4.72 Å². The smallest absolute Gasteiger partial charge is 0.241 e.